The van der Waals surface area contributed by atoms with Crippen LogP contribution in [0.1, 0.15) is 6.92 Å². The Bertz CT molecular complexity index is 75.3. The minimum atomic E-state index is -1.11. The van der Waals surface area contributed by atoms with Gasteiger partial charge in [-0.1, -0.05) is 0 Å². The predicted octanol–water partition coefficient (Wildman–Crippen LogP) is -0.976. The van der Waals surface area contributed by atoms with E-state index in [9.17, 15) is 9.90 Å². The molecular formula is C3H5BrNO2-. The van der Waals surface area contributed by atoms with Crippen LogP contribution in [-0.2, 0) is 4.79 Å². The van der Waals surface area contributed by atoms with Crippen LogP contribution in [0.2, 0.25) is 0 Å². The highest BCUT2D eigenvalue weighted by Gasteiger charge is 1.94. The highest BCUT2D eigenvalue weighted by atomic mass is 79.9. The van der Waals surface area contributed by atoms with E-state index in [0.717, 1.165) is 0 Å². The lowest BCUT2D eigenvalue weighted by atomic mass is 10.4. The normalized spacial score (nSPS) is 13.4. The summed E-state index contributed by atoms with van der Waals surface area (Å²) in [5, 5.41) is 9.73. The number of carboxylic acid groups (broad SMARTS) is 1. The molecule has 0 fully saturated rings. The summed E-state index contributed by atoms with van der Waals surface area (Å²) < 4.78 is 2.31. The van der Waals surface area contributed by atoms with Crippen LogP contribution in [0.15, 0.2) is 0 Å². The van der Waals surface area contributed by atoms with Gasteiger partial charge in [-0.25, -0.2) is 4.34 Å². The van der Waals surface area contributed by atoms with Crippen molar-refractivity contribution in [2.75, 3.05) is 0 Å². The number of hydrogen-bond acceptors (Lipinski definition) is 3. The molecule has 42 valence electrons. The van der Waals surface area contributed by atoms with Crippen LogP contribution in [0, 0.1) is 0 Å². The Labute approximate surface area is 50.1 Å². The molecule has 0 aromatic rings. The van der Waals surface area contributed by atoms with E-state index < -0.39 is 12.0 Å². The fourth-order valence-corrected chi connectivity index (χ4v) is 0.231. The number of carbonyl (C=O) groups excluding carboxylic acids is 1. The Balaban J connectivity index is 3.34. The van der Waals surface area contributed by atoms with Crippen LogP contribution < -0.4 is 9.45 Å². The van der Waals surface area contributed by atoms with Gasteiger partial charge in [0.15, 0.2) is 0 Å². The van der Waals surface area contributed by atoms with Crippen molar-refractivity contribution in [3.63, 3.8) is 0 Å². The Morgan fingerprint density at radius 1 is 2.00 bits per heavy atom. The molecule has 0 amide bonds. The van der Waals surface area contributed by atoms with Gasteiger partial charge in [0.2, 0.25) is 0 Å². The molecule has 0 unspecified atom stereocenters. The number of hydrogen-bond donors (Lipinski definition) is 1. The minimum Gasteiger partial charge on any atom is -0.548 e. The number of carboxylic acids is 1. The van der Waals surface area contributed by atoms with Crippen LogP contribution in [0.3, 0.4) is 0 Å². The maximum absolute atomic E-state index is 9.73. The van der Waals surface area contributed by atoms with E-state index in [0.29, 0.717) is 0 Å². The maximum Gasteiger partial charge on any atom is 0.0590 e. The maximum atomic E-state index is 9.73. The molecule has 0 saturated carbocycles. The first-order valence-corrected chi connectivity index (χ1v) is 2.54. The van der Waals surface area contributed by atoms with Crippen molar-refractivity contribution in [3.05, 3.63) is 0 Å². The number of carbonyl (C=O) groups is 1. The quantitative estimate of drug-likeness (QED) is 0.538. The van der Waals surface area contributed by atoms with Crippen molar-refractivity contribution in [1.82, 2.24) is 4.34 Å². The van der Waals surface area contributed by atoms with Crippen LogP contribution in [-0.4, -0.2) is 12.0 Å². The fourth-order valence-electron chi connectivity index (χ4n) is 0.0445. The highest BCUT2D eigenvalue weighted by molar-refractivity contribution is 9.08. The lowest BCUT2D eigenvalue weighted by Gasteiger charge is -2.07. The second-order valence-corrected chi connectivity index (χ2v) is 1.61. The summed E-state index contributed by atoms with van der Waals surface area (Å²) in [6, 6.07) is -0.625. The van der Waals surface area contributed by atoms with E-state index in [1.807, 2.05) is 0 Å². The lowest BCUT2D eigenvalue weighted by Crippen LogP contribution is -2.39. The zero-order valence-electron chi connectivity index (χ0n) is 3.77. The van der Waals surface area contributed by atoms with Gasteiger partial charge in [0.25, 0.3) is 0 Å². The van der Waals surface area contributed by atoms with E-state index in [1.54, 1.807) is 0 Å². The Morgan fingerprint density at radius 3 is 2.43 bits per heavy atom. The summed E-state index contributed by atoms with van der Waals surface area (Å²) in [4.78, 5) is 9.73. The Hall–Kier alpha value is -0.0900. The van der Waals surface area contributed by atoms with Gasteiger partial charge in [0.05, 0.1) is 12.0 Å². The van der Waals surface area contributed by atoms with Gasteiger partial charge in [0.1, 0.15) is 0 Å². The van der Waals surface area contributed by atoms with Crippen LogP contribution in [0.5, 0.6) is 0 Å². The van der Waals surface area contributed by atoms with Crippen molar-refractivity contribution >= 4 is 22.1 Å². The first-order chi connectivity index (χ1) is 3.18. The molecule has 0 radical (unpaired) electrons. The van der Waals surface area contributed by atoms with Crippen molar-refractivity contribution in [3.8, 4) is 0 Å². The van der Waals surface area contributed by atoms with E-state index >= 15 is 0 Å². The minimum absolute atomic E-state index is 0.625. The van der Waals surface area contributed by atoms with Crippen molar-refractivity contribution in [2.24, 2.45) is 0 Å². The molecule has 0 aromatic carbocycles. The van der Waals surface area contributed by atoms with Gasteiger partial charge in [-0.05, 0) is 6.92 Å². The first-order valence-electron chi connectivity index (χ1n) is 1.75. The molecule has 3 nitrogen and oxygen atoms in total. The van der Waals surface area contributed by atoms with E-state index in [4.69, 9.17) is 0 Å². The van der Waals surface area contributed by atoms with Crippen molar-refractivity contribution < 1.29 is 9.90 Å². The smallest absolute Gasteiger partial charge is 0.0590 e. The number of rotatable bonds is 2. The van der Waals surface area contributed by atoms with Crippen LogP contribution in [0.4, 0.5) is 0 Å². The average Bonchev–Trinajstić information content (AvgIpc) is 1.65. The molecule has 1 atom stereocenters. The third-order valence-electron chi connectivity index (χ3n) is 0.517. The van der Waals surface area contributed by atoms with Gasteiger partial charge in [-0.15, -0.1) is 0 Å². The summed E-state index contributed by atoms with van der Waals surface area (Å²) >= 11 is 2.74. The van der Waals surface area contributed by atoms with Gasteiger partial charge >= 0.3 is 0 Å². The van der Waals surface area contributed by atoms with Gasteiger partial charge in [-0.3, -0.25) is 0 Å². The fraction of sp³-hybridized carbons (Fsp3) is 0.667. The van der Waals surface area contributed by atoms with Crippen molar-refractivity contribution in [1.29, 1.82) is 0 Å². The summed E-state index contributed by atoms with van der Waals surface area (Å²) in [6.07, 6.45) is 0. The molecule has 0 aliphatic heterocycles. The molecule has 0 saturated heterocycles. The molecule has 0 bridgehead atoms. The molecule has 1 N–H and O–H groups in total. The largest absolute Gasteiger partial charge is 0.548 e. The predicted molar refractivity (Wildman–Crippen MR) is 26.5 cm³/mol. The first kappa shape index (κ1) is 6.91. The summed E-state index contributed by atoms with van der Waals surface area (Å²) in [5.74, 6) is -1.11. The lowest BCUT2D eigenvalue weighted by molar-refractivity contribution is -0.307. The second-order valence-electron chi connectivity index (χ2n) is 1.15. The van der Waals surface area contributed by atoms with Crippen LogP contribution in [0.25, 0.3) is 0 Å². The third kappa shape index (κ3) is 2.59. The van der Waals surface area contributed by atoms with E-state index in [-0.39, 0.29) is 0 Å². The molecular weight excluding hydrogens is 162 g/mol. The standard InChI is InChI=1S/C3H6BrNO2/c1-2(5-4)3(6)7/h2,5H,1H3,(H,6,7)/p-1/t2-/m0/s1. The van der Waals surface area contributed by atoms with E-state index in [1.165, 1.54) is 6.92 Å². The molecule has 4 heteroatoms. The Kier molecular flexibility index (Phi) is 2.95. The monoisotopic (exact) mass is 166 g/mol. The summed E-state index contributed by atoms with van der Waals surface area (Å²) in [6.45, 7) is 1.48. The van der Waals surface area contributed by atoms with E-state index in [2.05, 4.69) is 20.5 Å². The van der Waals surface area contributed by atoms with Crippen LogP contribution >= 0.6 is 16.1 Å². The third-order valence-corrected chi connectivity index (χ3v) is 1.20. The van der Waals surface area contributed by atoms with Gasteiger partial charge in [-0.2, -0.15) is 0 Å². The molecule has 0 aliphatic rings. The van der Waals surface area contributed by atoms with Crippen molar-refractivity contribution in [2.45, 2.75) is 13.0 Å². The SMILES string of the molecule is C[C@H](NBr)C(=O)[O-]. The molecule has 0 aliphatic carbocycles. The zero-order valence-corrected chi connectivity index (χ0v) is 5.36. The molecule has 0 rings (SSSR count). The van der Waals surface area contributed by atoms with Gasteiger partial charge < -0.3 is 9.90 Å². The number of nitrogens with one attached hydrogen (secondary N) is 1. The Morgan fingerprint density at radius 2 is 2.43 bits per heavy atom. The number of aliphatic carboxylic acids is 1. The molecule has 7 heavy (non-hydrogen) atoms. The second kappa shape index (κ2) is 2.98. The molecule has 0 aromatic heterocycles. The highest BCUT2D eigenvalue weighted by Crippen LogP contribution is 1.79. The zero-order chi connectivity index (χ0) is 5.86. The molecule has 0 heterocycles. The molecule has 0 spiro atoms. The summed E-state index contributed by atoms with van der Waals surface area (Å²) in [7, 11) is 0. The topological polar surface area (TPSA) is 52.2 Å². The summed E-state index contributed by atoms with van der Waals surface area (Å²) in [5.41, 5.74) is 0. The van der Waals surface area contributed by atoms with Gasteiger partial charge in [0, 0.05) is 16.1 Å². The number of halogens is 1. The average molecular weight is 167 g/mol.